The van der Waals surface area contributed by atoms with Gasteiger partial charge in [-0.05, 0) is 36.8 Å². The van der Waals surface area contributed by atoms with Gasteiger partial charge in [0.2, 0.25) is 5.91 Å². The highest BCUT2D eigenvalue weighted by Gasteiger charge is 2.25. The van der Waals surface area contributed by atoms with E-state index in [9.17, 15) is 18.0 Å². The molecule has 0 aliphatic carbocycles. The predicted molar refractivity (Wildman–Crippen MR) is 107 cm³/mol. The largest absolute Gasteiger partial charge is 0.367 e. The van der Waals surface area contributed by atoms with Crippen LogP contribution in [0.4, 0.5) is 24.5 Å². The Balaban J connectivity index is 1.48. The Labute approximate surface area is 166 Å². The minimum Gasteiger partial charge on any atom is -0.367 e. The number of nitrogens with one attached hydrogen (secondary N) is 3. The standard InChI is InChI=1S/C20H22F3N5O/c1-24-20(25-11-19(29)26-15-4-2-3-13(21)9-15)27-16-7-8-28(12-16)18-6-5-14(22)10-17(18)23/h2-6,9-10,16H,7-8,11-12H2,1H3,(H,26,29)(H2,24,25,27). The van der Waals surface area contributed by atoms with Crippen LogP contribution >= 0.6 is 0 Å². The van der Waals surface area contributed by atoms with Crippen LogP contribution in [-0.2, 0) is 4.79 Å². The summed E-state index contributed by atoms with van der Waals surface area (Å²) in [7, 11) is 1.58. The van der Waals surface area contributed by atoms with Crippen LogP contribution < -0.4 is 20.9 Å². The van der Waals surface area contributed by atoms with E-state index in [0.29, 0.717) is 30.4 Å². The predicted octanol–water partition coefficient (Wildman–Crippen LogP) is 2.49. The Morgan fingerprint density at radius 2 is 1.97 bits per heavy atom. The molecule has 154 valence electrons. The maximum absolute atomic E-state index is 14.0. The molecular weight excluding hydrogens is 383 g/mol. The van der Waals surface area contributed by atoms with Gasteiger partial charge in [-0.2, -0.15) is 0 Å². The van der Waals surface area contributed by atoms with Crippen molar-refractivity contribution in [2.45, 2.75) is 12.5 Å². The zero-order valence-electron chi connectivity index (χ0n) is 15.9. The Morgan fingerprint density at radius 1 is 1.17 bits per heavy atom. The molecule has 1 amide bonds. The number of hydrogen-bond acceptors (Lipinski definition) is 3. The number of hydrogen-bond donors (Lipinski definition) is 3. The van der Waals surface area contributed by atoms with Gasteiger partial charge in [0.1, 0.15) is 17.5 Å². The van der Waals surface area contributed by atoms with Crippen LogP contribution in [0.15, 0.2) is 47.5 Å². The van der Waals surface area contributed by atoms with Crippen LogP contribution in [0.2, 0.25) is 0 Å². The quantitative estimate of drug-likeness (QED) is 0.528. The molecule has 2 aromatic carbocycles. The summed E-state index contributed by atoms with van der Waals surface area (Å²) in [6.45, 7) is 1.06. The number of rotatable bonds is 5. The van der Waals surface area contributed by atoms with E-state index in [4.69, 9.17) is 0 Å². The van der Waals surface area contributed by atoms with Crippen molar-refractivity contribution >= 4 is 23.2 Å². The van der Waals surface area contributed by atoms with Gasteiger partial charge in [0, 0.05) is 37.9 Å². The Kier molecular flexibility index (Phi) is 6.58. The Hall–Kier alpha value is -3.23. The SMILES string of the molecule is CN=C(NCC(=O)Nc1cccc(F)c1)NC1CCN(c2ccc(F)cc2F)C1. The lowest BCUT2D eigenvalue weighted by Crippen LogP contribution is -2.46. The highest BCUT2D eigenvalue weighted by Crippen LogP contribution is 2.24. The Morgan fingerprint density at radius 3 is 2.69 bits per heavy atom. The molecule has 1 aliphatic rings. The third-order valence-electron chi connectivity index (χ3n) is 4.53. The van der Waals surface area contributed by atoms with E-state index in [2.05, 4.69) is 20.9 Å². The molecule has 0 saturated carbocycles. The van der Waals surface area contributed by atoms with Crippen molar-refractivity contribution in [2.24, 2.45) is 4.99 Å². The molecule has 1 unspecified atom stereocenters. The smallest absolute Gasteiger partial charge is 0.243 e. The van der Waals surface area contributed by atoms with Crippen LogP contribution in [0, 0.1) is 17.5 Å². The number of aliphatic imine (C=N–C) groups is 1. The molecule has 2 aromatic rings. The normalized spacial score (nSPS) is 16.6. The van der Waals surface area contributed by atoms with Crippen LogP contribution in [0.1, 0.15) is 6.42 Å². The number of guanidine groups is 1. The minimum absolute atomic E-state index is 0.0167. The number of carbonyl (C=O) groups is 1. The lowest BCUT2D eigenvalue weighted by Gasteiger charge is -2.21. The van der Waals surface area contributed by atoms with Crippen molar-refractivity contribution in [1.82, 2.24) is 10.6 Å². The first-order valence-corrected chi connectivity index (χ1v) is 9.17. The van der Waals surface area contributed by atoms with E-state index in [-0.39, 0.29) is 18.5 Å². The fourth-order valence-corrected chi connectivity index (χ4v) is 3.16. The maximum Gasteiger partial charge on any atom is 0.243 e. The second-order valence-electron chi connectivity index (χ2n) is 6.66. The van der Waals surface area contributed by atoms with Gasteiger partial charge in [0.25, 0.3) is 0 Å². The molecule has 1 fully saturated rings. The second kappa shape index (κ2) is 9.31. The van der Waals surface area contributed by atoms with Crippen molar-refractivity contribution < 1.29 is 18.0 Å². The molecule has 0 aromatic heterocycles. The molecule has 9 heteroatoms. The van der Waals surface area contributed by atoms with Crippen LogP contribution in [0.3, 0.4) is 0 Å². The first-order chi connectivity index (χ1) is 13.9. The fraction of sp³-hybridized carbons (Fsp3) is 0.300. The first-order valence-electron chi connectivity index (χ1n) is 9.17. The molecule has 0 radical (unpaired) electrons. The molecule has 29 heavy (non-hydrogen) atoms. The van der Waals surface area contributed by atoms with Crippen molar-refractivity contribution in [3.05, 3.63) is 59.9 Å². The van der Waals surface area contributed by atoms with Gasteiger partial charge in [-0.3, -0.25) is 9.79 Å². The van der Waals surface area contributed by atoms with E-state index in [0.717, 1.165) is 12.5 Å². The minimum atomic E-state index is -0.610. The molecule has 1 atom stereocenters. The van der Waals surface area contributed by atoms with Gasteiger partial charge in [-0.25, -0.2) is 13.2 Å². The topological polar surface area (TPSA) is 68.8 Å². The molecule has 3 N–H and O–H groups in total. The van der Waals surface area contributed by atoms with Crippen molar-refractivity contribution in [3.8, 4) is 0 Å². The van der Waals surface area contributed by atoms with Gasteiger partial charge in [-0.1, -0.05) is 6.07 Å². The number of amides is 1. The zero-order chi connectivity index (χ0) is 20.8. The maximum atomic E-state index is 14.0. The zero-order valence-corrected chi connectivity index (χ0v) is 15.9. The highest BCUT2D eigenvalue weighted by molar-refractivity contribution is 5.95. The molecule has 6 nitrogen and oxygen atoms in total. The van der Waals surface area contributed by atoms with Crippen molar-refractivity contribution in [3.63, 3.8) is 0 Å². The third kappa shape index (κ3) is 5.63. The molecule has 0 spiro atoms. The monoisotopic (exact) mass is 405 g/mol. The van der Waals surface area contributed by atoms with Crippen molar-refractivity contribution in [1.29, 1.82) is 0 Å². The molecule has 1 heterocycles. The van der Waals surface area contributed by atoms with E-state index < -0.39 is 17.5 Å². The fourth-order valence-electron chi connectivity index (χ4n) is 3.16. The van der Waals surface area contributed by atoms with E-state index >= 15 is 0 Å². The average Bonchev–Trinajstić information content (AvgIpc) is 3.13. The van der Waals surface area contributed by atoms with Crippen molar-refractivity contribution in [2.75, 3.05) is 36.9 Å². The van der Waals surface area contributed by atoms with E-state index in [1.54, 1.807) is 13.1 Å². The average molecular weight is 405 g/mol. The molecule has 0 bridgehead atoms. The molecule has 1 aliphatic heterocycles. The number of anilines is 2. The van der Waals surface area contributed by atoms with Crippen LogP contribution in [-0.4, -0.2) is 44.6 Å². The summed E-state index contributed by atoms with van der Waals surface area (Å²) in [6.07, 6.45) is 0.729. The summed E-state index contributed by atoms with van der Waals surface area (Å²) < 4.78 is 40.2. The number of halogens is 3. The summed E-state index contributed by atoms with van der Waals surface area (Å²) in [5, 5.41) is 8.67. The van der Waals surface area contributed by atoms with Crippen LogP contribution in [0.25, 0.3) is 0 Å². The third-order valence-corrected chi connectivity index (χ3v) is 4.53. The summed E-state index contributed by atoms with van der Waals surface area (Å²) in [6, 6.07) is 9.14. The summed E-state index contributed by atoms with van der Waals surface area (Å²) in [5.41, 5.74) is 0.723. The van der Waals surface area contributed by atoms with Gasteiger partial charge in [0.05, 0.1) is 12.2 Å². The molecular formula is C20H22F3N5O. The summed E-state index contributed by atoms with van der Waals surface area (Å²) >= 11 is 0. The van der Waals surface area contributed by atoms with Gasteiger partial charge < -0.3 is 20.9 Å². The lowest BCUT2D eigenvalue weighted by atomic mass is 10.2. The number of benzene rings is 2. The molecule has 1 saturated heterocycles. The van der Waals surface area contributed by atoms with E-state index in [1.165, 1.54) is 30.3 Å². The highest BCUT2D eigenvalue weighted by atomic mass is 19.1. The first kappa shape index (κ1) is 20.5. The van der Waals surface area contributed by atoms with Crippen LogP contribution in [0.5, 0.6) is 0 Å². The lowest BCUT2D eigenvalue weighted by molar-refractivity contribution is -0.115. The number of nitrogens with zero attached hydrogens (tertiary/aromatic N) is 2. The van der Waals surface area contributed by atoms with E-state index in [1.807, 2.05) is 4.90 Å². The molecule has 3 rings (SSSR count). The summed E-state index contributed by atoms with van der Waals surface area (Å²) in [5.74, 6) is -1.56. The van der Waals surface area contributed by atoms with Gasteiger partial charge in [-0.15, -0.1) is 0 Å². The summed E-state index contributed by atoms with van der Waals surface area (Å²) in [4.78, 5) is 17.9. The van der Waals surface area contributed by atoms with Gasteiger partial charge >= 0.3 is 0 Å². The van der Waals surface area contributed by atoms with Gasteiger partial charge in [0.15, 0.2) is 5.96 Å². The Bertz CT molecular complexity index is 905. The second-order valence-corrected chi connectivity index (χ2v) is 6.66. The number of carbonyl (C=O) groups excluding carboxylic acids is 1.